The summed E-state index contributed by atoms with van der Waals surface area (Å²) in [7, 11) is -3.60. The first-order valence-electron chi connectivity index (χ1n) is 5.95. The Kier molecular flexibility index (Phi) is 3.92. The largest absolute Gasteiger partial charge is 0.390 e. The molecule has 0 radical (unpaired) electrons. The molecule has 0 amide bonds. The Morgan fingerprint density at radius 1 is 1.26 bits per heavy atom. The number of hydrogen-bond donors (Lipinski definition) is 2. The first-order chi connectivity index (χ1) is 9.09. The summed E-state index contributed by atoms with van der Waals surface area (Å²) >= 11 is 0. The average molecular weight is 280 g/mol. The first kappa shape index (κ1) is 13.6. The zero-order valence-corrected chi connectivity index (χ0v) is 11.4. The SMILES string of the molecule is CCN(c1ccccc1)S(=O)(=O)c1c[nH]c(CO)c1. The number of anilines is 1. The third-order valence-corrected chi connectivity index (χ3v) is 4.69. The minimum Gasteiger partial charge on any atom is -0.390 e. The molecule has 0 aliphatic rings. The third kappa shape index (κ3) is 2.64. The number of nitrogens with zero attached hydrogens (tertiary/aromatic N) is 1. The maximum absolute atomic E-state index is 12.5. The fourth-order valence-electron chi connectivity index (χ4n) is 1.87. The van der Waals surface area contributed by atoms with Crippen molar-refractivity contribution >= 4 is 15.7 Å². The molecule has 0 unspecified atom stereocenters. The average Bonchev–Trinajstić information content (AvgIpc) is 2.90. The van der Waals surface area contributed by atoms with Gasteiger partial charge in [0.1, 0.15) is 4.90 Å². The van der Waals surface area contributed by atoms with E-state index >= 15 is 0 Å². The van der Waals surface area contributed by atoms with Gasteiger partial charge in [0.25, 0.3) is 10.0 Å². The highest BCUT2D eigenvalue weighted by Crippen LogP contribution is 2.23. The van der Waals surface area contributed by atoms with E-state index in [1.54, 1.807) is 31.2 Å². The van der Waals surface area contributed by atoms with Gasteiger partial charge in [-0.1, -0.05) is 18.2 Å². The number of sulfonamides is 1. The summed E-state index contributed by atoms with van der Waals surface area (Å²) in [5.74, 6) is 0. The molecule has 0 spiro atoms. The molecule has 0 atom stereocenters. The van der Waals surface area contributed by atoms with Gasteiger partial charge >= 0.3 is 0 Å². The normalized spacial score (nSPS) is 11.5. The van der Waals surface area contributed by atoms with Crippen LogP contribution in [0.2, 0.25) is 0 Å². The summed E-state index contributed by atoms with van der Waals surface area (Å²) in [5, 5.41) is 8.99. The van der Waals surface area contributed by atoms with Gasteiger partial charge in [-0.15, -0.1) is 0 Å². The molecule has 1 heterocycles. The molecule has 2 aromatic rings. The quantitative estimate of drug-likeness (QED) is 0.876. The summed E-state index contributed by atoms with van der Waals surface area (Å²) in [5.41, 5.74) is 1.10. The smallest absolute Gasteiger partial charge is 0.265 e. The predicted molar refractivity (Wildman–Crippen MR) is 73.4 cm³/mol. The summed E-state index contributed by atoms with van der Waals surface area (Å²) in [6, 6.07) is 10.4. The molecule has 0 fully saturated rings. The van der Waals surface area contributed by atoms with E-state index in [0.29, 0.717) is 17.9 Å². The number of aromatic nitrogens is 1. The van der Waals surface area contributed by atoms with Crippen LogP contribution in [0.1, 0.15) is 12.6 Å². The van der Waals surface area contributed by atoms with Gasteiger partial charge in [-0.05, 0) is 25.1 Å². The molecule has 2 N–H and O–H groups in total. The van der Waals surface area contributed by atoms with E-state index in [-0.39, 0.29) is 11.5 Å². The molecule has 1 aromatic heterocycles. The number of rotatable bonds is 5. The molecule has 0 bridgehead atoms. The fourth-order valence-corrected chi connectivity index (χ4v) is 3.36. The Hall–Kier alpha value is -1.79. The summed E-state index contributed by atoms with van der Waals surface area (Å²) < 4.78 is 26.4. The van der Waals surface area contributed by atoms with Gasteiger partial charge in [-0.3, -0.25) is 4.31 Å². The van der Waals surface area contributed by atoms with Gasteiger partial charge in [0, 0.05) is 18.4 Å². The minimum absolute atomic E-state index is 0.155. The lowest BCUT2D eigenvalue weighted by atomic mass is 10.3. The molecule has 0 aliphatic heterocycles. The number of benzene rings is 1. The van der Waals surface area contributed by atoms with Crippen molar-refractivity contribution in [3.05, 3.63) is 48.3 Å². The van der Waals surface area contributed by atoms with E-state index in [1.807, 2.05) is 6.07 Å². The number of H-pyrrole nitrogens is 1. The van der Waals surface area contributed by atoms with Gasteiger partial charge in [0.2, 0.25) is 0 Å². The lowest BCUT2D eigenvalue weighted by molar-refractivity contribution is 0.277. The summed E-state index contributed by atoms with van der Waals surface area (Å²) in [6.07, 6.45) is 1.40. The zero-order valence-electron chi connectivity index (χ0n) is 10.6. The molecule has 0 aliphatic carbocycles. The van der Waals surface area contributed by atoms with Crippen molar-refractivity contribution in [1.82, 2.24) is 4.98 Å². The van der Waals surface area contributed by atoms with Crippen molar-refractivity contribution in [3.8, 4) is 0 Å². The van der Waals surface area contributed by atoms with Crippen molar-refractivity contribution in [2.75, 3.05) is 10.8 Å². The Balaban J connectivity index is 2.42. The molecule has 1 aromatic carbocycles. The van der Waals surface area contributed by atoms with Crippen LogP contribution in [-0.4, -0.2) is 25.1 Å². The molecule has 6 heteroatoms. The van der Waals surface area contributed by atoms with E-state index in [9.17, 15) is 8.42 Å². The second-order valence-electron chi connectivity index (χ2n) is 4.02. The van der Waals surface area contributed by atoms with Crippen LogP contribution in [0.5, 0.6) is 0 Å². The highest BCUT2D eigenvalue weighted by molar-refractivity contribution is 7.92. The van der Waals surface area contributed by atoms with E-state index in [0.717, 1.165) is 0 Å². The van der Waals surface area contributed by atoms with E-state index in [4.69, 9.17) is 5.11 Å². The fraction of sp³-hybridized carbons (Fsp3) is 0.231. The molecule has 0 saturated carbocycles. The lowest BCUT2D eigenvalue weighted by Crippen LogP contribution is -2.30. The maximum atomic E-state index is 12.5. The predicted octanol–water partition coefficient (Wildman–Crippen LogP) is 1.72. The number of nitrogens with one attached hydrogen (secondary N) is 1. The number of aliphatic hydroxyl groups is 1. The first-order valence-corrected chi connectivity index (χ1v) is 7.39. The van der Waals surface area contributed by atoms with Crippen molar-refractivity contribution in [2.24, 2.45) is 0 Å². The molecular formula is C13H16N2O3S. The second kappa shape index (κ2) is 5.46. The van der Waals surface area contributed by atoms with Crippen LogP contribution >= 0.6 is 0 Å². The number of aromatic amines is 1. The van der Waals surface area contributed by atoms with Crippen LogP contribution in [0, 0.1) is 0 Å². The molecule has 0 saturated heterocycles. The minimum atomic E-state index is -3.60. The number of para-hydroxylation sites is 1. The van der Waals surface area contributed by atoms with E-state index < -0.39 is 10.0 Å². The Morgan fingerprint density at radius 3 is 2.47 bits per heavy atom. The van der Waals surface area contributed by atoms with Crippen LogP contribution in [0.25, 0.3) is 0 Å². The Labute approximate surface area is 112 Å². The van der Waals surface area contributed by atoms with Gasteiger partial charge in [-0.2, -0.15) is 0 Å². The standard InChI is InChI=1S/C13H16N2O3S/c1-2-15(12-6-4-3-5-7-12)19(17,18)13-8-11(10-16)14-9-13/h3-9,14,16H,2,10H2,1H3. The van der Waals surface area contributed by atoms with Crippen molar-refractivity contribution < 1.29 is 13.5 Å². The molecule has 2 rings (SSSR count). The van der Waals surface area contributed by atoms with Crippen LogP contribution in [-0.2, 0) is 16.6 Å². The molecular weight excluding hydrogens is 264 g/mol. The van der Waals surface area contributed by atoms with Crippen molar-refractivity contribution in [1.29, 1.82) is 0 Å². The zero-order chi connectivity index (χ0) is 13.9. The van der Waals surface area contributed by atoms with Gasteiger partial charge in [-0.25, -0.2) is 8.42 Å². The van der Waals surface area contributed by atoms with Gasteiger partial charge < -0.3 is 10.1 Å². The molecule has 19 heavy (non-hydrogen) atoms. The Morgan fingerprint density at radius 2 is 1.95 bits per heavy atom. The molecule has 5 nitrogen and oxygen atoms in total. The highest BCUT2D eigenvalue weighted by Gasteiger charge is 2.24. The van der Waals surface area contributed by atoms with Gasteiger partial charge in [0.05, 0.1) is 12.3 Å². The van der Waals surface area contributed by atoms with E-state index in [1.165, 1.54) is 16.6 Å². The maximum Gasteiger partial charge on any atom is 0.265 e. The molecule has 102 valence electrons. The highest BCUT2D eigenvalue weighted by atomic mass is 32.2. The second-order valence-corrected chi connectivity index (χ2v) is 5.89. The van der Waals surface area contributed by atoms with Gasteiger partial charge in [0.15, 0.2) is 0 Å². The van der Waals surface area contributed by atoms with Crippen LogP contribution in [0.3, 0.4) is 0 Å². The Bertz CT molecular complexity index is 635. The van der Waals surface area contributed by atoms with Crippen LogP contribution < -0.4 is 4.31 Å². The lowest BCUT2D eigenvalue weighted by Gasteiger charge is -2.22. The number of hydrogen-bond acceptors (Lipinski definition) is 3. The summed E-state index contributed by atoms with van der Waals surface area (Å²) in [4.78, 5) is 2.89. The number of aliphatic hydroxyl groups excluding tert-OH is 1. The van der Waals surface area contributed by atoms with E-state index in [2.05, 4.69) is 4.98 Å². The van der Waals surface area contributed by atoms with Crippen molar-refractivity contribution in [2.45, 2.75) is 18.4 Å². The van der Waals surface area contributed by atoms with Crippen LogP contribution in [0.4, 0.5) is 5.69 Å². The monoisotopic (exact) mass is 280 g/mol. The topological polar surface area (TPSA) is 73.4 Å². The van der Waals surface area contributed by atoms with Crippen molar-refractivity contribution in [3.63, 3.8) is 0 Å². The third-order valence-electron chi connectivity index (χ3n) is 2.81. The van der Waals surface area contributed by atoms with Crippen LogP contribution in [0.15, 0.2) is 47.5 Å². The summed E-state index contributed by atoms with van der Waals surface area (Å²) in [6.45, 7) is 1.91.